The third-order valence-electron chi connectivity index (χ3n) is 4.51. The number of hydrogen-bond donors (Lipinski definition) is 3. The lowest BCUT2D eigenvalue weighted by Gasteiger charge is -2.05. The Morgan fingerprint density at radius 3 is 1.89 bits per heavy atom. The van der Waals surface area contributed by atoms with Crippen molar-refractivity contribution < 1.29 is 8.83 Å². The molecule has 10 nitrogen and oxygen atoms in total. The number of thioether (sulfide) groups is 1. The summed E-state index contributed by atoms with van der Waals surface area (Å²) in [5, 5.41) is 1.47. The van der Waals surface area contributed by atoms with E-state index in [4.69, 9.17) is 21.1 Å². The Balaban J connectivity index is 0.000000230. The summed E-state index contributed by atoms with van der Waals surface area (Å²) in [7, 11) is 0. The zero-order valence-electron chi connectivity index (χ0n) is 21.9. The number of H-pyrrole nitrogens is 3. The molecular weight excluding hydrogens is 516 g/mol. The molecular formula is C25H32N4O6S2. The van der Waals surface area contributed by atoms with E-state index in [1.807, 2.05) is 27.7 Å². The van der Waals surface area contributed by atoms with Gasteiger partial charge in [-0.25, -0.2) is 9.59 Å². The summed E-state index contributed by atoms with van der Waals surface area (Å²) in [5.74, 6) is 0.833. The van der Waals surface area contributed by atoms with Crippen LogP contribution in [0.1, 0.15) is 59.6 Å². The number of aromatic nitrogens is 4. The molecule has 0 atom stereocenters. The molecule has 200 valence electrons. The lowest BCUT2D eigenvalue weighted by atomic mass is 10.1. The lowest BCUT2D eigenvalue weighted by molar-refractivity contribution is 0.541. The van der Waals surface area contributed by atoms with Crippen LogP contribution >= 0.6 is 24.0 Å². The van der Waals surface area contributed by atoms with Crippen LogP contribution in [0.25, 0.3) is 22.2 Å². The number of rotatable bonds is 4. The van der Waals surface area contributed by atoms with Gasteiger partial charge in [0.25, 0.3) is 11.1 Å². The summed E-state index contributed by atoms with van der Waals surface area (Å²) >= 11 is 6.19. The van der Waals surface area contributed by atoms with E-state index >= 15 is 0 Å². The maximum atomic E-state index is 12.0. The van der Waals surface area contributed by atoms with Crippen LogP contribution in [0.4, 0.5) is 0 Å². The highest BCUT2D eigenvalue weighted by Crippen LogP contribution is 2.20. The predicted octanol–water partition coefficient (Wildman–Crippen LogP) is 4.70. The normalized spacial score (nSPS) is 10.8. The zero-order chi connectivity index (χ0) is 27.9. The maximum Gasteiger partial charge on any atom is 0.337 e. The van der Waals surface area contributed by atoms with E-state index in [9.17, 15) is 19.2 Å². The fourth-order valence-electron chi connectivity index (χ4n) is 3.14. The zero-order valence-corrected chi connectivity index (χ0v) is 23.6. The number of nitrogens with one attached hydrogen (secondary N) is 3. The van der Waals surface area contributed by atoms with Gasteiger partial charge in [-0.1, -0.05) is 60.2 Å². The van der Waals surface area contributed by atoms with Crippen molar-refractivity contribution in [2.45, 2.75) is 71.7 Å². The molecule has 37 heavy (non-hydrogen) atoms. The van der Waals surface area contributed by atoms with Crippen LogP contribution in [-0.2, 0) is 12.8 Å². The van der Waals surface area contributed by atoms with Gasteiger partial charge in [0.1, 0.15) is 10.8 Å². The summed E-state index contributed by atoms with van der Waals surface area (Å²) in [4.78, 5) is 58.1. The second-order valence-corrected chi connectivity index (χ2v) is 10.9. The number of aryl methyl sites for hydroxylation is 2. The van der Waals surface area contributed by atoms with Gasteiger partial charge in [-0.05, 0) is 42.1 Å². The van der Waals surface area contributed by atoms with Gasteiger partial charge in [0, 0.05) is 17.4 Å². The molecule has 0 saturated carbocycles. The van der Waals surface area contributed by atoms with E-state index in [0.29, 0.717) is 39.9 Å². The van der Waals surface area contributed by atoms with Gasteiger partial charge < -0.3 is 18.8 Å². The average Bonchev–Trinajstić information content (AvgIpc) is 2.76. The second-order valence-electron chi connectivity index (χ2n) is 8.95. The Morgan fingerprint density at radius 2 is 1.35 bits per heavy atom. The Morgan fingerprint density at radius 1 is 0.838 bits per heavy atom. The molecule has 0 unspecified atom stereocenters. The van der Waals surface area contributed by atoms with Crippen LogP contribution in [-0.4, -0.2) is 25.2 Å². The number of aromatic amines is 3. The van der Waals surface area contributed by atoms with Gasteiger partial charge in [0.05, 0.1) is 0 Å². The van der Waals surface area contributed by atoms with Gasteiger partial charge in [-0.15, -0.1) is 0 Å². The first kappa shape index (κ1) is 30.0. The number of hydrogen-bond acceptors (Lipinski definition) is 9. The molecule has 4 rings (SSSR count). The molecule has 0 fully saturated rings. The summed E-state index contributed by atoms with van der Waals surface area (Å²) in [6, 6.07) is 2.66. The van der Waals surface area contributed by atoms with Crippen molar-refractivity contribution in [3.63, 3.8) is 0 Å². The van der Waals surface area contributed by atoms with E-state index in [-0.39, 0.29) is 32.6 Å². The molecule has 12 heteroatoms. The molecule has 4 heterocycles. The minimum atomic E-state index is -0.490. The van der Waals surface area contributed by atoms with Crippen molar-refractivity contribution in [3.05, 3.63) is 69.6 Å². The SMILES string of the molecule is CC(C)C.CCc1cc(=O)oc2[nH]c(=S)[nH]c(=O)c12.CCc1cc(=O)oc2nc(SC(C)C)[nH]c(=O)c12. The van der Waals surface area contributed by atoms with Crippen molar-refractivity contribution in [1.82, 2.24) is 19.9 Å². The highest BCUT2D eigenvalue weighted by Gasteiger charge is 2.12. The fourth-order valence-corrected chi connectivity index (χ4v) is 4.06. The van der Waals surface area contributed by atoms with Gasteiger partial charge in [0.2, 0.25) is 11.4 Å². The smallest absolute Gasteiger partial charge is 0.337 e. The van der Waals surface area contributed by atoms with E-state index in [1.165, 1.54) is 23.9 Å². The first-order chi connectivity index (χ1) is 17.4. The molecule has 0 amide bonds. The van der Waals surface area contributed by atoms with E-state index in [2.05, 4.69) is 40.7 Å². The summed E-state index contributed by atoms with van der Waals surface area (Å²) < 4.78 is 10.0. The first-order valence-electron chi connectivity index (χ1n) is 11.9. The maximum absolute atomic E-state index is 12.0. The molecule has 0 saturated heterocycles. The van der Waals surface area contributed by atoms with Crippen molar-refractivity contribution in [1.29, 1.82) is 0 Å². The first-order valence-corrected chi connectivity index (χ1v) is 13.2. The minimum absolute atomic E-state index is 0.117. The van der Waals surface area contributed by atoms with Crippen molar-refractivity contribution >= 4 is 46.2 Å². The Hall–Kier alpha value is -3.25. The van der Waals surface area contributed by atoms with Crippen LogP contribution in [0.5, 0.6) is 0 Å². The molecule has 0 aromatic carbocycles. The molecule has 4 aromatic rings. The predicted molar refractivity (Wildman–Crippen MR) is 149 cm³/mol. The topological polar surface area (TPSA) is 155 Å². The average molecular weight is 549 g/mol. The highest BCUT2D eigenvalue weighted by molar-refractivity contribution is 7.99. The molecule has 3 N–H and O–H groups in total. The Bertz CT molecular complexity index is 1650. The summed E-state index contributed by atoms with van der Waals surface area (Å²) in [6.45, 7) is 14.2. The summed E-state index contributed by atoms with van der Waals surface area (Å²) in [6.07, 6.45) is 1.17. The standard InChI is InChI=1S/C12H14N2O3S.C9H8N2O3S.C4H10/c1-4-7-5-8(15)17-11-9(7)10(16)13-12(14-11)18-6(2)3;1-2-4-3-5(12)14-8-6(4)7(13)10-9(15)11-8;1-4(2)3/h5-6H,4H2,1-3H3,(H,13,14,16);3H,2H2,1H3,(H2,10,11,13,15);4H,1-3H3. The Labute approximate surface area is 221 Å². The molecule has 0 aliphatic rings. The van der Waals surface area contributed by atoms with Crippen molar-refractivity contribution in [3.8, 4) is 0 Å². The molecule has 0 radical (unpaired) electrons. The van der Waals surface area contributed by atoms with Gasteiger partial charge in [-0.3, -0.25) is 14.6 Å². The van der Waals surface area contributed by atoms with Crippen LogP contribution in [0.15, 0.2) is 45.3 Å². The molecule has 0 aliphatic carbocycles. The monoisotopic (exact) mass is 548 g/mol. The van der Waals surface area contributed by atoms with Crippen LogP contribution < -0.4 is 22.4 Å². The molecule has 4 aromatic heterocycles. The molecule has 0 spiro atoms. The lowest BCUT2D eigenvalue weighted by Crippen LogP contribution is -2.14. The quantitative estimate of drug-likeness (QED) is 0.187. The molecule has 0 aliphatic heterocycles. The fraction of sp³-hybridized carbons (Fsp3) is 0.440. The second kappa shape index (κ2) is 13.3. The minimum Gasteiger partial charge on any atom is -0.405 e. The van der Waals surface area contributed by atoms with E-state index in [1.54, 1.807) is 0 Å². The largest absolute Gasteiger partial charge is 0.405 e. The third-order valence-corrected chi connectivity index (χ3v) is 5.60. The summed E-state index contributed by atoms with van der Waals surface area (Å²) in [5.41, 5.74) is -0.00385. The highest BCUT2D eigenvalue weighted by atomic mass is 32.2. The Kier molecular flexibility index (Phi) is 10.8. The van der Waals surface area contributed by atoms with E-state index < -0.39 is 11.3 Å². The van der Waals surface area contributed by atoms with Crippen molar-refractivity contribution in [2.24, 2.45) is 5.92 Å². The number of fused-ring (bicyclic) bond motifs is 2. The van der Waals surface area contributed by atoms with Crippen molar-refractivity contribution in [2.75, 3.05) is 0 Å². The third kappa shape index (κ3) is 8.39. The van der Waals surface area contributed by atoms with Crippen LogP contribution in [0, 0.1) is 10.7 Å². The van der Waals surface area contributed by atoms with Gasteiger partial charge in [-0.2, -0.15) is 4.98 Å². The van der Waals surface area contributed by atoms with Gasteiger partial charge >= 0.3 is 11.3 Å². The van der Waals surface area contributed by atoms with Crippen LogP contribution in [0.2, 0.25) is 0 Å². The molecule has 0 bridgehead atoms. The van der Waals surface area contributed by atoms with E-state index in [0.717, 1.165) is 5.92 Å². The van der Waals surface area contributed by atoms with Gasteiger partial charge in [0.15, 0.2) is 9.93 Å². The van der Waals surface area contributed by atoms with Crippen LogP contribution in [0.3, 0.4) is 0 Å². The number of nitrogens with zero attached hydrogens (tertiary/aromatic N) is 1.